The van der Waals surface area contributed by atoms with Crippen LogP contribution in [0.3, 0.4) is 0 Å². The van der Waals surface area contributed by atoms with E-state index in [-0.39, 0.29) is 17.5 Å². The molecular formula is C28H36N2O3. The van der Waals surface area contributed by atoms with Crippen LogP contribution >= 0.6 is 0 Å². The van der Waals surface area contributed by atoms with E-state index in [0.29, 0.717) is 34.7 Å². The quantitative estimate of drug-likeness (QED) is 0.451. The van der Waals surface area contributed by atoms with Crippen LogP contribution < -0.4 is 16.2 Å². The first-order valence-corrected chi connectivity index (χ1v) is 12.5. The lowest BCUT2D eigenvalue weighted by molar-refractivity contribution is 0.0290. The number of carbonyl (C=O) groups excluding carboxylic acids is 1. The highest BCUT2D eigenvalue weighted by atomic mass is 16.5. The fourth-order valence-electron chi connectivity index (χ4n) is 6.97. The van der Waals surface area contributed by atoms with Crippen LogP contribution in [0.2, 0.25) is 0 Å². The highest BCUT2D eigenvalue weighted by Crippen LogP contribution is 2.61. The highest BCUT2D eigenvalue weighted by molar-refractivity contribution is 5.91. The van der Waals surface area contributed by atoms with Gasteiger partial charge < -0.3 is 20.9 Å². The molecule has 0 amide bonds. The molecule has 3 aliphatic carbocycles. The van der Waals surface area contributed by atoms with E-state index in [0.717, 1.165) is 38.0 Å². The zero-order chi connectivity index (χ0) is 23.2. The summed E-state index contributed by atoms with van der Waals surface area (Å²) in [6, 6.07) is 11.7. The Morgan fingerprint density at radius 3 is 2.67 bits per heavy atom. The van der Waals surface area contributed by atoms with Crippen molar-refractivity contribution in [3.05, 3.63) is 53.1 Å². The summed E-state index contributed by atoms with van der Waals surface area (Å²) in [5.74, 6) is 2.54. The summed E-state index contributed by atoms with van der Waals surface area (Å²) >= 11 is 0. The van der Waals surface area contributed by atoms with Crippen LogP contribution in [-0.2, 0) is 11.2 Å². The zero-order valence-corrected chi connectivity index (χ0v) is 19.8. The third-order valence-electron chi connectivity index (χ3n) is 8.39. The van der Waals surface area contributed by atoms with E-state index in [2.05, 4.69) is 32.0 Å². The van der Waals surface area contributed by atoms with E-state index >= 15 is 0 Å². The second kappa shape index (κ2) is 8.58. The molecule has 3 aliphatic rings. The van der Waals surface area contributed by atoms with E-state index < -0.39 is 0 Å². The molecule has 4 N–H and O–H groups in total. The van der Waals surface area contributed by atoms with Crippen molar-refractivity contribution in [3.8, 4) is 5.75 Å². The molecule has 5 rings (SSSR count). The Balaban J connectivity index is 1.31. The number of ether oxygens (including phenoxy) is 2. The molecule has 2 aromatic rings. The van der Waals surface area contributed by atoms with Crippen molar-refractivity contribution in [1.82, 2.24) is 0 Å². The first-order valence-electron chi connectivity index (χ1n) is 12.5. The molecule has 0 bridgehead atoms. The van der Waals surface area contributed by atoms with Crippen LogP contribution in [0.25, 0.3) is 0 Å². The van der Waals surface area contributed by atoms with Crippen molar-refractivity contribution in [3.63, 3.8) is 0 Å². The van der Waals surface area contributed by atoms with Gasteiger partial charge >= 0.3 is 5.97 Å². The predicted octanol–water partition coefficient (Wildman–Crippen LogP) is 5.72. The standard InChI is InChI=1S/C28H36N2O3/c1-3-10-32-21-5-7-23-17(13-21)4-6-25-24(23)8-9-28(2)16-22(15-26(25)28)33-27(31)18-11-19(29)14-20(30)12-18/h5,7,11-14,22,24-26H,3-4,6,8-10,15-16,29-30H2,1-2H3. The van der Waals surface area contributed by atoms with Crippen molar-refractivity contribution >= 4 is 17.3 Å². The largest absolute Gasteiger partial charge is 0.494 e. The van der Waals surface area contributed by atoms with E-state index in [1.54, 1.807) is 18.2 Å². The molecule has 2 aromatic carbocycles. The minimum absolute atomic E-state index is 0.0416. The number of rotatable bonds is 5. The van der Waals surface area contributed by atoms with Gasteiger partial charge in [-0.25, -0.2) is 4.79 Å². The lowest BCUT2D eigenvalue weighted by Crippen LogP contribution is -2.39. The molecule has 0 heterocycles. The van der Waals surface area contributed by atoms with E-state index in [1.807, 2.05) is 0 Å². The van der Waals surface area contributed by atoms with Gasteiger partial charge in [0.05, 0.1) is 12.2 Å². The van der Waals surface area contributed by atoms with Gasteiger partial charge in [-0.3, -0.25) is 0 Å². The van der Waals surface area contributed by atoms with Crippen molar-refractivity contribution in [2.24, 2.45) is 17.3 Å². The number of hydrogen-bond donors (Lipinski definition) is 2. The van der Waals surface area contributed by atoms with Gasteiger partial charge in [-0.05, 0) is 110 Å². The maximum absolute atomic E-state index is 12.8. The first kappa shape index (κ1) is 22.1. The highest BCUT2D eigenvalue weighted by Gasteiger charge is 2.54. The van der Waals surface area contributed by atoms with Crippen LogP contribution in [-0.4, -0.2) is 18.7 Å². The van der Waals surface area contributed by atoms with Gasteiger partial charge in [-0.1, -0.05) is 19.9 Å². The number of esters is 1. The Hall–Kier alpha value is -2.69. The average Bonchev–Trinajstić information content (AvgIpc) is 3.12. The van der Waals surface area contributed by atoms with Crippen LogP contribution in [0.1, 0.15) is 79.8 Å². The van der Waals surface area contributed by atoms with Crippen molar-refractivity contribution in [1.29, 1.82) is 0 Å². The lowest BCUT2D eigenvalue weighted by Gasteiger charge is -2.49. The van der Waals surface area contributed by atoms with Crippen molar-refractivity contribution in [2.75, 3.05) is 18.1 Å². The summed E-state index contributed by atoms with van der Waals surface area (Å²) in [5, 5.41) is 0. The molecule has 33 heavy (non-hydrogen) atoms. The van der Waals surface area contributed by atoms with E-state index in [9.17, 15) is 4.79 Å². The fourth-order valence-corrected chi connectivity index (χ4v) is 6.97. The Morgan fingerprint density at radius 2 is 1.91 bits per heavy atom. The third-order valence-corrected chi connectivity index (χ3v) is 8.39. The van der Waals surface area contributed by atoms with Crippen LogP contribution in [0.5, 0.6) is 5.75 Å². The SMILES string of the molecule is CCCOc1ccc2c(c1)CCC1C2CCC2(C)CC(OC(=O)c3cc(N)cc(N)c3)CC12. The van der Waals surface area contributed by atoms with Crippen LogP contribution in [0.4, 0.5) is 11.4 Å². The maximum Gasteiger partial charge on any atom is 0.338 e. The summed E-state index contributed by atoms with van der Waals surface area (Å²) in [6.45, 7) is 5.32. The van der Waals surface area contributed by atoms with Gasteiger partial charge in [-0.2, -0.15) is 0 Å². The predicted molar refractivity (Wildman–Crippen MR) is 131 cm³/mol. The second-order valence-corrected chi connectivity index (χ2v) is 10.7. The smallest absolute Gasteiger partial charge is 0.338 e. The van der Waals surface area contributed by atoms with Gasteiger partial charge in [-0.15, -0.1) is 0 Å². The van der Waals surface area contributed by atoms with Gasteiger partial charge in [0.15, 0.2) is 0 Å². The Morgan fingerprint density at radius 1 is 1.12 bits per heavy atom. The number of nitrogen functional groups attached to an aromatic ring is 2. The number of nitrogens with two attached hydrogens (primary N) is 2. The molecule has 0 spiro atoms. The average molecular weight is 449 g/mol. The van der Waals surface area contributed by atoms with E-state index in [1.165, 1.54) is 30.4 Å². The lowest BCUT2D eigenvalue weighted by atomic mass is 9.56. The molecule has 5 atom stereocenters. The topological polar surface area (TPSA) is 87.6 Å². The second-order valence-electron chi connectivity index (χ2n) is 10.7. The number of benzene rings is 2. The Bertz CT molecular complexity index is 1030. The summed E-state index contributed by atoms with van der Waals surface area (Å²) in [4.78, 5) is 12.8. The minimum Gasteiger partial charge on any atom is -0.494 e. The first-order chi connectivity index (χ1) is 15.9. The van der Waals surface area contributed by atoms with Gasteiger partial charge in [0, 0.05) is 11.4 Å². The minimum atomic E-state index is -0.314. The van der Waals surface area contributed by atoms with Crippen molar-refractivity contribution in [2.45, 2.75) is 70.8 Å². The number of aryl methyl sites for hydroxylation is 1. The molecule has 0 radical (unpaired) electrons. The molecule has 0 saturated heterocycles. The molecule has 5 unspecified atom stereocenters. The Kier molecular flexibility index (Phi) is 5.75. The normalized spacial score (nSPS) is 30.1. The van der Waals surface area contributed by atoms with E-state index in [4.69, 9.17) is 20.9 Å². The van der Waals surface area contributed by atoms with Crippen LogP contribution in [0, 0.1) is 17.3 Å². The number of carbonyl (C=O) groups is 1. The summed E-state index contributed by atoms with van der Waals surface area (Å²) in [7, 11) is 0. The molecule has 5 nitrogen and oxygen atoms in total. The zero-order valence-electron chi connectivity index (χ0n) is 19.8. The number of hydrogen-bond acceptors (Lipinski definition) is 5. The van der Waals surface area contributed by atoms with Gasteiger partial charge in [0.1, 0.15) is 11.9 Å². The fraction of sp³-hybridized carbons (Fsp3) is 0.536. The molecule has 0 aliphatic heterocycles. The molecule has 2 fully saturated rings. The molecule has 0 aromatic heterocycles. The summed E-state index contributed by atoms with van der Waals surface area (Å²) in [6.07, 6.45) is 7.60. The molecule has 5 heteroatoms. The van der Waals surface area contributed by atoms with Crippen LogP contribution in [0.15, 0.2) is 36.4 Å². The maximum atomic E-state index is 12.8. The summed E-state index contributed by atoms with van der Waals surface area (Å²) < 4.78 is 11.9. The number of fused-ring (bicyclic) bond motifs is 5. The summed E-state index contributed by atoms with van der Waals surface area (Å²) in [5.41, 5.74) is 16.4. The van der Waals surface area contributed by atoms with Gasteiger partial charge in [0.25, 0.3) is 0 Å². The Labute approximate surface area is 196 Å². The molecule has 2 saturated carbocycles. The molecular weight excluding hydrogens is 412 g/mol. The third kappa shape index (κ3) is 4.18. The van der Waals surface area contributed by atoms with Gasteiger partial charge in [0.2, 0.25) is 0 Å². The monoisotopic (exact) mass is 448 g/mol. The van der Waals surface area contributed by atoms with Crippen molar-refractivity contribution < 1.29 is 14.3 Å². The molecule has 176 valence electrons. The number of anilines is 2.